The van der Waals surface area contributed by atoms with E-state index in [-0.39, 0.29) is 24.8 Å². The summed E-state index contributed by atoms with van der Waals surface area (Å²) in [6, 6.07) is 11.0. The molecule has 2 N–H and O–H groups in total. The zero-order valence-corrected chi connectivity index (χ0v) is 18.7. The molecule has 0 spiro atoms. The maximum absolute atomic E-state index is 12.6. The molecule has 0 saturated carbocycles. The molecule has 2 aromatic carbocycles. The van der Waals surface area contributed by atoms with Crippen molar-refractivity contribution < 1.29 is 19.1 Å². The van der Waals surface area contributed by atoms with Gasteiger partial charge in [0.05, 0.1) is 28.6 Å². The Hall–Kier alpha value is -3.43. The van der Waals surface area contributed by atoms with E-state index in [1.807, 2.05) is 0 Å². The third-order valence-electron chi connectivity index (χ3n) is 4.35. The third-order valence-corrected chi connectivity index (χ3v) is 4.91. The number of hydrogen-bond acceptors (Lipinski definition) is 6. The number of halogens is 2. The molecule has 0 fully saturated rings. The molecule has 1 aromatic heterocycles. The first-order chi connectivity index (χ1) is 15.3. The fourth-order valence-corrected chi connectivity index (χ4v) is 3.07. The Labute approximate surface area is 193 Å². The van der Waals surface area contributed by atoms with Crippen LogP contribution in [0.15, 0.2) is 42.5 Å². The molecule has 1 heterocycles. The van der Waals surface area contributed by atoms with Gasteiger partial charge in [-0.3, -0.25) is 9.59 Å². The molecule has 3 aromatic rings. The molecule has 32 heavy (non-hydrogen) atoms. The number of rotatable bonds is 7. The van der Waals surface area contributed by atoms with Crippen molar-refractivity contribution in [1.29, 1.82) is 0 Å². The maximum atomic E-state index is 12.6. The summed E-state index contributed by atoms with van der Waals surface area (Å²) < 4.78 is 6.22. The smallest absolute Gasteiger partial charge is 0.338 e. The van der Waals surface area contributed by atoms with Gasteiger partial charge < -0.3 is 15.4 Å². The van der Waals surface area contributed by atoms with Crippen LogP contribution in [0.5, 0.6) is 0 Å². The molecule has 9 nitrogen and oxygen atoms in total. The Morgan fingerprint density at radius 1 is 1.06 bits per heavy atom. The topological polar surface area (TPSA) is 115 Å². The summed E-state index contributed by atoms with van der Waals surface area (Å²) in [6.07, 6.45) is 0. The van der Waals surface area contributed by atoms with Crippen LogP contribution in [0.25, 0.3) is 0 Å². The minimum Gasteiger partial charge on any atom is -0.462 e. The van der Waals surface area contributed by atoms with Crippen LogP contribution in [-0.2, 0) is 16.1 Å². The molecule has 0 atom stereocenters. The minimum atomic E-state index is -0.534. The van der Waals surface area contributed by atoms with Crippen molar-refractivity contribution in [2.24, 2.45) is 0 Å². The number of carbonyl (C=O) groups excluding carboxylic acids is 3. The highest BCUT2D eigenvalue weighted by molar-refractivity contribution is 6.35. The number of anilines is 2. The van der Waals surface area contributed by atoms with Crippen LogP contribution in [0.4, 0.5) is 11.4 Å². The average Bonchev–Trinajstić information content (AvgIpc) is 3.11. The molecule has 0 aliphatic carbocycles. The highest BCUT2D eigenvalue weighted by Crippen LogP contribution is 2.26. The molecule has 0 aliphatic rings. The zero-order valence-electron chi connectivity index (χ0n) is 17.2. The van der Waals surface area contributed by atoms with Crippen molar-refractivity contribution in [3.05, 3.63) is 69.5 Å². The Kier molecular flexibility index (Phi) is 7.45. The number of carbonyl (C=O) groups is 3. The van der Waals surface area contributed by atoms with Crippen LogP contribution >= 0.6 is 23.2 Å². The van der Waals surface area contributed by atoms with E-state index in [0.717, 1.165) is 0 Å². The number of nitrogens with one attached hydrogen (secondary N) is 2. The number of ether oxygens (including phenoxy) is 1. The van der Waals surface area contributed by atoms with Crippen molar-refractivity contribution in [2.75, 3.05) is 17.2 Å². The lowest BCUT2D eigenvalue weighted by Crippen LogP contribution is -2.21. The molecule has 3 rings (SSSR count). The van der Waals surface area contributed by atoms with Gasteiger partial charge in [0, 0.05) is 10.7 Å². The van der Waals surface area contributed by atoms with Crippen molar-refractivity contribution in [3.63, 3.8) is 0 Å². The van der Waals surface area contributed by atoms with Crippen molar-refractivity contribution in [2.45, 2.75) is 20.4 Å². The zero-order chi connectivity index (χ0) is 23.3. The lowest BCUT2D eigenvalue weighted by atomic mass is 10.2. The van der Waals surface area contributed by atoms with Gasteiger partial charge in [0.25, 0.3) is 5.91 Å². The van der Waals surface area contributed by atoms with Crippen LogP contribution in [0.2, 0.25) is 10.0 Å². The predicted molar refractivity (Wildman–Crippen MR) is 120 cm³/mol. The normalized spacial score (nSPS) is 10.5. The van der Waals surface area contributed by atoms with Gasteiger partial charge in [-0.25, -0.2) is 9.48 Å². The Balaban J connectivity index is 1.63. The monoisotopic (exact) mass is 475 g/mol. The first kappa shape index (κ1) is 23.2. The van der Waals surface area contributed by atoms with E-state index < -0.39 is 11.9 Å². The van der Waals surface area contributed by atoms with E-state index in [4.69, 9.17) is 27.9 Å². The summed E-state index contributed by atoms with van der Waals surface area (Å²) in [4.78, 5) is 36.6. The fraction of sp³-hybridized carbons (Fsp3) is 0.190. The van der Waals surface area contributed by atoms with Gasteiger partial charge in [0.15, 0.2) is 5.69 Å². The molecule has 0 saturated heterocycles. The molecule has 0 radical (unpaired) electrons. The van der Waals surface area contributed by atoms with E-state index in [1.54, 1.807) is 50.2 Å². The van der Waals surface area contributed by atoms with Crippen LogP contribution in [0.1, 0.15) is 33.5 Å². The third kappa shape index (κ3) is 5.63. The second-order valence-electron chi connectivity index (χ2n) is 6.61. The van der Waals surface area contributed by atoms with Gasteiger partial charge in [-0.2, -0.15) is 0 Å². The molecule has 0 aliphatic heterocycles. The second-order valence-corrected chi connectivity index (χ2v) is 7.45. The van der Waals surface area contributed by atoms with Crippen LogP contribution < -0.4 is 10.6 Å². The molecule has 0 unspecified atom stereocenters. The van der Waals surface area contributed by atoms with Crippen LogP contribution in [0.3, 0.4) is 0 Å². The number of aromatic nitrogens is 3. The van der Waals surface area contributed by atoms with Gasteiger partial charge in [-0.15, -0.1) is 5.10 Å². The van der Waals surface area contributed by atoms with E-state index in [0.29, 0.717) is 32.7 Å². The number of amides is 2. The number of nitrogens with zero attached hydrogens (tertiary/aromatic N) is 3. The van der Waals surface area contributed by atoms with Gasteiger partial charge in [0.1, 0.15) is 6.54 Å². The van der Waals surface area contributed by atoms with Gasteiger partial charge in [-0.1, -0.05) is 28.4 Å². The molecule has 166 valence electrons. The van der Waals surface area contributed by atoms with Crippen molar-refractivity contribution in [1.82, 2.24) is 15.0 Å². The number of benzene rings is 2. The summed E-state index contributed by atoms with van der Waals surface area (Å²) in [5, 5.41) is 13.8. The summed E-state index contributed by atoms with van der Waals surface area (Å²) in [6.45, 7) is 3.46. The maximum Gasteiger partial charge on any atom is 0.338 e. The Bertz CT molecular complexity index is 1160. The quantitative estimate of drug-likeness (QED) is 0.499. The van der Waals surface area contributed by atoms with Gasteiger partial charge >= 0.3 is 5.97 Å². The molecular weight excluding hydrogens is 457 g/mol. The SMILES string of the molecule is CCOC(=O)c1ccc(NC(=O)Cn2nnc(C(=O)Nc3cc(Cl)ccc3Cl)c2C)cc1. The largest absolute Gasteiger partial charge is 0.462 e. The lowest BCUT2D eigenvalue weighted by molar-refractivity contribution is -0.117. The Morgan fingerprint density at radius 3 is 2.47 bits per heavy atom. The van der Waals surface area contributed by atoms with E-state index in [1.165, 1.54) is 10.7 Å². The lowest BCUT2D eigenvalue weighted by Gasteiger charge is -2.08. The fourth-order valence-electron chi connectivity index (χ4n) is 2.74. The highest BCUT2D eigenvalue weighted by atomic mass is 35.5. The van der Waals surface area contributed by atoms with Gasteiger partial charge in [0.2, 0.25) is 5.91 Å². The first-order valence-electron chi connectivity index (χ1n) is 9.52. The summed E-state index contributed by atoms with van der Waals surface area (Å²) >= 11 is 12.0. The molecule has 11 heteroatoms. The molecular formula is C21H19Cl2N5O4. The molecule has 2 amide bonds. The first-order valence-corrected chi connectivity index (χ1v) is 10.3. The van der Waals surface area contributed by atoms with Gasteiger partial charge in [-0.05, 0) is 56.3 Å². The summed E-state index contributed by atoms with van der Waals surface area (Å²) in [7, 11) is 0. The predicted octanol–water partition coefficient (Wildman–Crippen LogP) is 3.96. The van der Waals surface area contributed by atoms with Crippen molar-refractivity contribution in [3.8, 4) is 0 Å². The van der Waals surface area contributed by atoms with E-state index >= 15 is 0 Å². The summed E-state index contributed by atoms with van der Waals surface area (Å²) in [5.41, 5.74) is 1.66. The van der Waals surface area contributed by atoms with Crippen LogP contribution in [-0.4, -0.2) is 39.4 Å². The van der Waals surface area contributed by atoms with E-state index in [2.05, 4.69) is 20.9 Å². The van der Waals surface area contributed by atoms with E-state index in [9.17, 15) is 14.4 Å². The number of esters is 1. The second kappa shape index (κ2) is 10.3. The van der Waals surface area contributed by atoms with Crippen molar-refractivity contribution >= 4 is 52.4 Å². The molecule has 0 bridgehead atoms. The number of hydrogen-bond donors (Lipinski definition) is 2. The summed E-state index contributed by atoms with van der Waals surface area (Å²) in [5.74, 6) is -1.35. The van der Waals surface area contributed by atoms with Crippen LogP contribution in [0, 0.1) is 6.92 Å². The standard InChI is InChI=1S/C21H19Cl2N5O4/c1-3-32-21(31)13-4-7-15(8-5-13)24-18(29)11-28-12(2)19(26-27-28)20(30)25-17-10-14(22)6-9-16(17)23/h4-10H,3,11H2,1-2H3,(H,24,29)(H,25,30). The average molecular weight is 476 g/mol. The minimum absolute atomic E-state index is 0.0487. The highest BCUT2D eigenvalue weighted by Gasteiger charge is 2.19. The Morgan fingerprint density at radius 2 is 1.78 bits per heavy atom.